The first-order valence-electron chi connectivity index (χ1n) is 7.63. The first-order valence-corrected chi connectivity index (χ1v) is 7.63. The van der Waals surface area contributed by atoms with Crippen molar-refractivity contribution in [3.8, 4) is 5.75 Å². The molecule has 0 aromatic carbocycles. The Morgan fingerprint density at radius 3 is 2.48 bits per heavy atom. The molecule has 0 fully saturated rings. The van der Waals surface area contributed by atoms with Crippen molar-refractivity contribution in [1.29, 1.82) is 0 Å². The van der Waals surface area contributed by atoms with Crippen LogP contribution in [0.2, 0.25) is 0 Å². The first kappa shape index (κ1) is 19.4. The van der Waals surface area contributed by atoms with Gasteiger partial charge in [-0.25, -0.2) is 4.79 Å². The summed E-state index contributed by atoms with van der Waals surface area (Å²) in [6, 6.07) is 0. The minimum Gasteiger partial charge on any atom is -0.507 e. The van der Waals surface area contributed by atoms with Crippen LogP contribution in [0.25, 0.3) is 0 Å². The summed E-state index contributed by atoms with van der Waals surface area (Å²) in [5.74, 6) is -0.630. The number of hydrogen-bond acceptors (Lipinski definition) is 6. The second-order valence-electron chi connectivity index (χ2n) is 6.20. The lowest BCUT2D eigenvalue weighted by atomic mass is 9.90. The molecule has 1 aromatic heterocycles. The van der Waals surface area contributed by atoms with E-state index in [1.54, 1.807) is 6.92 Å². The van der Waals surface area contributed by atoms with Crippen LogP contribution in [-0.2, 0) is 12.2 Å². The quantitative estimate of drug-likeness (QED) is 0.592. The van der Waals surface area contributed by atoms with E-state index in [-0.39, 0.29) is 22.8 Å². The van der Waals surface area contributed by atoms with Gasteiger partial charge in [-0.2, -0.15) is 0 Å². The number of aliphatic hydroxyl groups is 3. The molecule has 0 spiro atoms. The molecule has 1 rings (SSSR count). The monoisotopic (exact) mass is 326 g/mol. The zero-order chi connectivity index (χ0) is 17.9. The molecular weight excluding hydrogens is 300 g/mol. The number of aliphatic hydroxyl groups excluding tert-OH is 2. The van der Waals surface area contributed by atoms with Gasteiger partial charge in [0.15, 0.2) is 5.76 Å². The summed E-state index contributed by atoms with van der Waals surface area (Å²) in [6.07, 6.45) is 1.38. The van der Waals surface area contributed by atoms with E-state index >= 15 is 0 Å². The van der Waals surface area contributed by atoms with Crippen LogP contribution in [0, 0.1) is 12.8 Å². The fourth-order valence-corrected chi connectivity index (χ4v) is 2.48. The van der Waals surface area contributed by atoms with Crippen LogP contribution in [-0.4, -0.2) is 26.5 Å². The van der Waals surface area contributed by atoms with E-state index in [1.165, 1.54) is 19.9 Å². The van der Waals surface area contributed by atoms with Gasteiger partial charge in [0, 0.05) is 0 Å². The van der Waals surface area contributed by atoms with Gasteiger partial charge in [-0.3, -0.25) is 0 Å². The third kappa shape index (κ3) is 4.02. The van der Waals surface area contributed by atoms with Gasteiger partial charge in [0.05, 0.1) is 23.8 Å². The minimum absolute atomic E-state index is 0.00205. The van der Waals surface area contributed by atoms with Crippen LogP contribution in [0.1, 0.15) is 51.0 Å². The molecule has 0 saturated carbocycles. The van der Waals surface area contributed by atoms with E-state index < -0.39 is 29.7 Å². The van der Waals surface area contributed by atoms with Crippen LogP contribution in [0.3, 0.4) is 0 Å². The van der Waals surface area contributed by atoms with Gasteiger partial charge in [-0.05, 0) is 38.3 Å². The highest BCUT2D eigenvalue weighted by molar-refractivity contribution is 5.42. The Bertz CT molecular complexity index is 641. The third-order valence-corrected chi connectivity index (χ3v) is 4.19. The Labute approximate surface area is 135 Å². The highest BCUT2D eigenvalue weighted by atomic mass is 16.4. The summed E-state index contributed by atoms with van der Waals surface area (Å²) in [4.78, 5) is 11.8. The topological polar surface area (TPSA) is 111 Å². The van der Waals surface area contributed by atoms with E-state index in [4.69, 9.17) is 4.42 Å². The first-order chi connectivity index (χ1) is 10.6. The molecule has 4 N–H and O–H groups in total. The van der Waals surface area contributed by atoms with Crippen molar-refractivity contribution in [1.82, 2.24) is 0 Å². The van der Waals surface area contributed by atoms with Crippen molar-refractivity contribution in [2.45, 2.75) is 59.4 Å². The zero-order valence-corrected chi connectivity index (χ0v) is 14.3. The normalized spacial score (nSPS) is 17.7. The average Bonchev–Trinajstić information content (AvgIpc) is 2.50. The van der Waals surface area contributed by atoms with Crippen LogP contribution in [0.5, 0.6) is 5.75 Å². The Morgan fingerprint density at radius 1 is 1.43 bits per heavy atom. The van der Waals surface area contributed by atoms with Crippen LogP contribution in [0.4, 0.5) is 0 Å². The molecule has 0 aliphatic heterocycles. The summed E-state index contributed by atoms with van der Waals surface area (Å²) in [5.41, 5.74) is -2.12. The van der Waals surface area contributed by atoms with Crippen LogP contribution >= 0.6 is 0 Å². The molecule has 0 aliphatic carbocycles. The highest BCUT2D eigenvalue weighted by Crippen LogP contribution is 2.33. The Balaban J connectivity index is 3.42. The van der Waals surface area contributed by atoms with Crippen LogP contribution < -0.4 is 5.63 Å². The summed E-state index contributed by atoms with van der Waals surface area (Å²) in [6.45, 7) is 7.63. The number of rotatable bonds is 6. The minimum atomic E-state index is -1.76. The second kappa shape index (κ2) is 7.29. The average molecular weight is 326 g/mol. The molecule has 130 valence electrons. The van der Waals surface area contributed by atoms with Crippen molar-refractivity contribution in [3.05, 3.63) is 39.0 Å². The molecule has 0 bridgehead atoms. The van der Waals surface area contributed by atoms with Gasteiger partial charge < -0.3 is 24.8 Å². The van der Waals surface area contributed by atoms with Crippen molar-refractivity contribution >= 4 is 0 Å². The maximum atomic E-state index is 11.8. The van der Waals surface area contributed by atoms with E-state index in [0.717, 1.165) is 6.42 Å². The van der Waals surface area contributed by atoms with Gasteiger partial charge in [0.25, 0.3) is 0 Å². The molecule has 6 heteroatoms. The lowest BCUT2D eigenvalue weighted by molar-refractivity contribution is 0.0709. The van der Waals surface area contributed by atoms with Gasteiger partial charge in [0.1, 0.15) is 11.4 Å². The fourth-order valence-electron chi connectivity index (χ4n) is 2.48. The molecule has 23 heavy (non-hydrogen) atoms. The Morgan fingerprint density at radius 2 is 2.00 bits per heavy atom. The molecular formula is C17H26O6. The molecule has 0 aliphatic rings. The Hall–Kier alpha value is -1.63. The van der Waals surface area contributed by atoms with Gasteiger partial charge in [0.2, 0.25) is 0 Å². The molecule has 0 saturated heterocycles. The molecule has 1 heterocycles. The zero-order valence-electron chi connectivity index (χ0n) is 14.3. The van der Waals surface area contributed by atoms with Gasteiger partial charge in [-0.15, -0.1) is 0 Å². The maximum Gasteiger partial charge on any atom is 0.342 e. The molecule has 3 atom stereocenters. The number of hydrogen-bond donors (Lipinski definition) is 4. The lowest BCUT2D eigenvalue weighted by Gasteiger charge is -2.25. The highest BCUT2D eigenvalue weighted by Gasteiger charge is 2.31. The second-order valence-corrected chi connectivity index (χ2v) is 6.20. The fraction of sp³-hybridized carbons (Fsp3) is 0.588. The van der Waals surface area contributed by atoms with E-state index in [9.17, 15) is 25.2 Å². The predicted octanol–water partition coefficient (Wildman–Crippen LogP) is 1.71. The van der Waals surface area contributed by atoms with Crippen LogP contribution in [0.15, 0.2) is 20.9 Å². The Kier molecular flexibility index (Phi) is 6.16. The molecule has 0 radical (unpaired) electrons. The largest absolute Gasteiger partial charge is 0.507 e. The smallest absolute Gasteiger partial charge is 0.342 e. The van der Waals surface area contributed by atoms with Crippen molar-refractivity contribution in [2.24, 2.45) is 5.92 Å². The van der Waals surface area contributed by atoms with Crippen molar-refractivity contribution in [3.63, 3.8) is 0 Å². The van der Waals surface area contributed by atoms with E-state index in [1.807, 2.05) is 13.8 Å². The van der Waals surface area contributed by atoms with E-state index in [2.05, 4.69) is 0 Å². The summed E-state index contributed by atoms with van der Waals surface area (Å²) in [7, 11) is 0. The van der Waals surface area contributed by atoms with Crippen molar-refractivity contribution in [2.75, 3.05) is 0 Å². The molecule has 0 amide bonds. The standard InChI is InChI=1S/C17H26O6/c1-6-9(2)13(19)10(3)7-17(5,22)15-12(8-18)14(20)11(4)16(21)23-15/h7,9,13,18-20,22H,6,8H2,1-5H3/b10-7+/t9-,13-,17-/m0/s1. The molecule has 6 nitrogen and oxygen atoms in total. The summed E-state index contributed by atoms with van der Waals surface area (Å²) < 4.78 is 5.09. The molecule has 0 unspecified atom stereocenters. The molecule has 1 aromatic rings. The maximum absolute atomic E-state index is 11.8. The van der Waals surface area contributed by atoms with Gasteiger partial charge >= 0.3 is 5.63 Å². The summed E-state index contributed by atoms with van der Waals surface area (Å²) >= 11 is 0. The lowest BCUT2D eigenvalue weighted by Crippen LogP contribution is -2.27. The third-order valence-electron chi connectivity index (χ3n) is 4.19. The number of aromatic hydroxyl groups is 1. The van der Waals surface area contributed by atoms with E-state index in [0.29, 0.717) is 5.57 Å². The van der Waals surface area contributed by atoms with Gasteiger partial charge in [-0.1, -0.05) is 20.3 Å². The summed E-state index contributed by atoms with van der Waals surface area (Å²) in [5, 5.41) is 40.3. The SMILES string of the molecule is CC[C@H](C)[C@H](O)/C(C)=C/[C@](C)(O)c1oc(=O)c(C)c(O)c1CO. The predicted molar refractivity (Wildman–Crippen MR) is 86.1 cm³/mol. The van der Waals surface area contributed by atoms with Crippen molar-refractivity contribution < 1.29 is 24.8 Å².